The lowest BCUT2D eigenvalue weighted by molar-refractivity contribution is 0.0995. The molecule has 0 saturated heterocycles. The fourth-order valence-corrected chi connectivity index (χ4v) is 0.925. The normalized spacial score (nSPS) is 9.42. The van der Waals surface area contributed by atoms with E-state index in [1.54, 1.807) is 12.1 Å². The van der Waals surface area contributed by atoms with E-state index >= 15 is 0 Å². The molecular weight excluding hydrogens is 152 g/mol. The molecule has 1 rings (SSSR count). The number of rotatable bonds is 2. The zero-order chi connectivity index (χ0) is 9.14. The molecule has 0 bridgehead atoms. The summed E-state index contributed by atoms with van der Waals surface area (Å²) in [6.45, 7) is 5.43. The minimum Gasteiger partial charge on any atom is -0.364 e. The average Bonchev–Trinajstić information content (AvgIpc) is 2.03. The number of hydrogen-bond acceptors (Lipinski definition) is 2. The summed E-state index contributed by atoms with van der Waals surface area (Å²) in [5, 5.41) is 0. The van der Waals surface area contributed by atoms with E-state index in [1.165, 1.54) is 0 Å². The molecule has 0 aliphatic heterocycles. The quantitative estimate of drug-likeness (QED) is 0.708. The van der Waals surface area contributed by atoms with Crippen molar-refractivity contribution >= 4 is 12.0 Å². The van der Waals surface area contributed by atoms with E-state index in [0.29, 0.717) is 5.69 Å². The van der Waals surface area contributed by atoms with Gasteiger partial charge in [-0.25, -0.2) is 4.98 Å². The maximum Gasteiger partial charge on any atom is 0.267 e. The topological polar surface area (TPSA) is 56.0 Å². The Kier molecular flexibility index (Phi) is 2.24. The molecule has 0 spiro atoms. The van der Waals surface area contributed by atoms with Crippen LogP contribution < -0.4 is 5.73 Å². The Hall–Kier alpha value is -1.64. The lowest BCUT2D eigenvalue weighted by Gasteiger charge is -1.99. The number of hydrogen-bond donors (Lipinski definition) is 1. The third-order valence-electron chi connectivity index (χ3n) is 1.45. The number of pyridine rings is 1. The lowest BCUT2D eigenvalue weighted by atomic mass is 10.2. The van der Waals surface area contributed by atoms with Crippen LogP contribution in [0.25, 0.3) is 6.08 Å². The van der Waals surface area contributed by atoms with Gasteiger partial charge < -0.3 is 5.73 Å². The van der Waals surface area contributed by atoms with Crippen molar-refractivity contribution in [2.45, 2.75) is 6.92 Å². The van der Waals surface area contributed by atoms with Gasteiger partial charge in [-0.1, -0.05) is 6.58 Å². The Bertz CT molecular complexity index is 331. The molecule has 0 aromatic carbocycles. The summed E-state index contributed by atoms with van der Waals surface area (Å²) in [5.74, 6) is -0.512. The molecule has 0 fully saturated rings. The van der Waals surface area contributed by atoms with E-state index in [9.17, 15) is 4.79 Å². The van der Waals surface area contributed by atoms with Gasteiger partial charge in [0.25, 0.3) is 5.91 Å². The van der Waals surface area contributed by atoms with Crippen molar-refractivity contribution in [2.75, 3.05) is 0 Å². The second-order valence-electron chi connectivity index (χ2n) is 2.52. The Morgan fingerprint density at radius 2 is 2.33 bits per heavy atom. The van der Waals surface area contributed by atoms with E-state index in [4.69, 9.17) is 5.73 Å². The molecule has 0 atom stereocenters. The van der Waals surface area contributed by atoms with E-state index in [0.717, 1.165) is 5.56 Å². The molecule has 1 aromatic rings. The van der Waals surface area contributed by atoms with Gasteiger partial charge in [0.2, 0.25) is 0 Å². The fourth-order valence-electron chi connectivity index (χ4n) is 0.925. The second-order valence-corrected chi connectivity index (χ2v) is 2.52. The zero-order valence-electron chi connectivity index (χ0n) is 6.87. The maximum absolute atomic E-state index is 10.7. The molecule has 1 amide bonds. The highest BCUT2D eigenvalue weighted by molar-refractivity contribution is 5.91. The molecule has 2 N–H and O–H groups in total. The van der Waals surface area contributed by atoms with Gasteiger partial charge in [-0.3, -0.25) is 4.79 Å². The van der Waals surface area contributed by atoms with Gasteiger partial charge in [-0.2, -0.15) is 0 Å². The minimum atomic E-state index is -0.512. The zero-order valence-corrected chi connectivity index (χ0v) is 6.87. The van der Waals surface area contributed by atoms with E-state index < -0.39 is 5.91 Å². The van der Waals surface area contributed by atoms with Gasteiger partial charge in [0.1, 0.15) is 5.69 Å². The smallest absolute Gasteiger partial charge is 0.267 e. The highest BCUT2D eigenvalue weighted by Crippen LogP contribution is 2.05. The first-order valence-corrected chi connectivity index (χ1v) is 3.54. The summed E-state index contributed by atoms with van der Waals surface area (Å²) in [5.41, 5.74) is 6.98. The lowest BCUT2D eigenvalue weighted by Crippen LogP contribution is -2.13. The SMILES string of the molecule is C=Cc1cc(C)cc(C(N)=O)n1. The van der Waals surface area contributed by atoms with Crippen LogP contribution in [-0.2, 0) is 0 Å². The Morgan fingerprint density at radius 3 is 2.83 bits per heavy atom. The van der Waals surface area contributed by atoms with Crippen LogP contribution in [0.1, 0.15) is 21.7 Å². The Morgan fingerprint density at radius 1 is 1.67 bits per heavy atom. The van der Waals surface area contributed by atoms with E-state index in [-0.39, 0.29) is 5.69 Å². The molecule has 1 aromatic heterocycles. The number of aromatic nitrogens is 1. The van der Waals surface area contributed by atoms with Crippen LogP contribution in [0.5, 0.6) is 0 Å². The molecule has 0 aliphatic rings. The number of nitrogens with zero attached hydrogens (tertiary/aromatic N) is 1. The van der Waals surface area contributed by atoms with Crippen molar-refractivity contribution < 1.29 is 4.79 Å². The van der Waals surface area contributed by atoms with Crippen LogP contribution in [0.15, 0.2) is 18.7 Å². The summed E-state index contributed by atoms with van der Waals surface area (Å²) in [6, 6.07) is 3.48. The Labute approximate surface area is 70.9 Å². The molecule has 3 heteroatoms. The summed E-state index contributed by atoms with van der Waals surface area (Å²) in [7, 11) is 0. The number of amides is 1. The number of carbonyl (C=O) groups is 1. The highest BCUT2D eigenvalue weighted by atomic mass is 16.1. The van der Waals surface area contributed by atoms with E-state index in [1.807, 2.05) is 13.0 Å². The first kappa shape index (κ1) is 8.46. The minimum absolute atomic E-state index is 0.282. The van der Waals surface area contributed by atoms with Crippen LogP contribution in [0.4, 0.5) is 0 Å². The van der Waals surface area contributed by atoms with Gasteiger partial charge in [0.15, 0.2) is 0 Å². The second kappa shape index (κ2) is 3.17. The van der Waals surface area contributed by atoms with Crippen LogP contribution in [0.3, 0.4) is 0 Å². The van der Waals surface area contributed by atoms with Crippen LogP contribution in [-0.4, -0.2) is 10.9 Å². The van der Waals surface area contributed by atoms with Crippen LogP contribution in [0, 0.1) is 6.92 Å². The molecule has 0 aliphatic carbocycles. The van der Waals surface area contributed by atoms with Crippen molar-refractivity contribution in [3.05, 3.63) is 35.7 Å². The van der Waals surface area contributed by atoms with Crippen molar-refractivity contribution in [1.82, 2.24) is 4.98 Å². The predicted octanol–water partition coefficient (Wildman–Crippen LogP) is 1.13. The molecule has 62 valence electrons. The van der Waals surface area contributed by atoms with Crippen LogP contribution >= 0.6 is 0 Å². The highest BCUT2D eigenvalue weighted by Gasteiger charge is 2.02. The first-order chi connectivity index (χ1) is 5.63. The molecule has 3 nitrogen and oxygen atoms in total. The number of carbonyl (C=O) groups excluding carboxylic acids is 1. The molecule has 0 saturated carbocycles. The van der Waals surface area contributed by atoms with Gasteiger partial charge in [0.05, 0.1) is 5.69 Å². The fraction of sp³-hybridized carbons (Fsp3) is 0.111. The van der Waals surface area contributed by atoms with Crippen molar-refractivity contribution in [2.24, 2.45) is 5.73 Å². The van der Waals surface area contributed by atoms with Crippen LogP contribution in [0.2, 0.25) is 0 Å². The molecular formula is C9H10N2O. The summed E-state index contributed by atoms with van der Waals surface area (Å²) < 4.78 is 0. The molecule has 0 radical (unpaired) electrons. The first-order valence-electron chi connectivity index (χ1n) is 3.54. The van der Waals surface area contributed by atoms with Gasteiger partial charge in [-0.05, 0) is 30.7 Å². The average molecular weight is 162 g/mol. The third kappa shape index (κ3) is 1.69. The van der Waals surface area contributed by atoms with Gasteiger partial charge in [-0.15, -0.1) is 0 Å². The molecule has 1 heterocycles. The third-order valence-corrected chi connectivity index (χ3v) is 1.45. The van der Waals surface area contributed by atoms with Crippen molar-refractivity contribution in [3.63, 3.8) is 0 Å². The van der Waals surface area contributed by atoms with Crippen molar-refractivity contribution in [3.8, 4) is 0 Å². The maximum atomic E-state index is 10.7. The largest absolute Gasteiger partial charge is 0.364 e. The summed E-state index contributed by atoms with van der Waals surface area (Å²) >= 11 is 0. The summed E-state index contributed by atoms with van der Waals surface area (Å²) in [6.07, 6.45) is 1.58. The molecule has 0 unspecified atom stereocenters. The Balaban J connectivity index is 3.23. The number of aryl methyl sites for hydroxylation is 1. The summed E-state index contributed by atoms with van der Waals surface area (Å²) in [4.78, 5) is 14.7. The van der Waals surface area contributed by atoms with Crippen molar-refractivity contribution in [1.29, 1.82) is 0 Å². The standard InChI is InChI=1S/C9H10N2O/c1-3-7-4-6(2)5-8(11-7)9(10)12/h3-5H,1H2,2H3,(H2,10,12). The predicted molar refractivity (Wildman–Crippen MR) is 47.6 cm³/mol. The number of primary amides is 1. The monoisotopic (exact) mass is 162 g/mol. The molecule has 12 heavy (non-hydrogen) atoms. The van der Waals surface area contributed by atoms with Gasteiger partial charge >= 0.3 is 0 Å². The van der Waals surface area contributed by atoms with Gasteiger partial charge in [0, 0.05) is 0 Å². The van der Waals surface area contributed by atoms with E-state index in [2.05, 4.69) is 11.6 Å². The number of nitrogens with two attached hydrogens (primary N) is 1.